The highest BCUT2D eigenvalue weighted by molar-refractivity contribution is 6.33. The average molecular weight is 304 g/mol. The Bertz CT molecular complexity index is 907. The van der Waals surface area contributed by atoms with Crippen molar-refractivity contribution in [3.8, 4) is 11.4 Å². The molecule has 0 aliphatic carbocycles. The van der Waals surface area contributed by atoms with Crippen molar-refractivity contribution in [3.05, 3.63) is 48.0 Å². The maximum atomic E-state index is 11.6. The second-order valence-electron chi connectivity index (χ2n) is 6.54. The van der Waals surface area contributed by atoms with Gasteiger partial charge in [0.05, 0.1) is 16.6 Å². The average Bonchev–Trinajstić information content (AvgIpc) is 2.85. The fourth-order valence-corrected chi connectivity index (χ4v) is 2.82. The van der Waals surface area contributed by atoms with Crippen LogP contribution in [-0.4, -0.2) is 28.5 Å². The SMILES string of the molecule is [B]c1ccc2c(c1)nc(-c1ccccc1C(=O)O)n2C(C)(C)C. The van der Waals surface area contributed by atoms with E-state index in [-0.39, 0.29) is 11.1 Å². The summed E-state index contributed by atoms with van der Waals surface area (Å²) in [6, 6.07) is 12.5. The zero-order valence-electron chi connectivity index (χ0n) is 13.4. The van der Waals surface area contributed by atoms with Crippen LogP contribution in [0.5, 0.6) is 0 Å². The van der Waals surface area contributed by atoms with Gasteiger partial charge in [-0.15, -0.1) is 0 Å². The molecule has 0 fully saturated rings. The normalized spacial score (nSPS) is 11.8. The standard InChI is InChI=1S/C18H17BN2O2/c1-18(2,3)21-15-9-8-11(19)10-14(15)20-16(21)12-6-4-5-7-13(12)17(22)23/h4-10H,1-3H3,(H,22,23). The van der Waals surface area contributed by atoms with Gasteiger partial charge < -0.3 is 9.67 Å². The Morgan fingerprint density at radius 2 is 1.87 bits per heavy atom. The third kappa shape index (κ3) is 2.63. The van der Waals surface area contributed by atoms with E-state index in [1.807, 2.05) is 24.3 Å². The Kier molecular flexibility index (Phi) is 3.51. The first-order chi connectivity index (χ1) is 10.8. The van der Waals surface area contributed by atoms with Crippen molar-refractivity contribution in [1.29, 1.82) is 0 Å². The molecule has 5 heteroatoms. The van der Waals surface area contributed by atoms with Crippen molar-refractivity contribution >= 4 is 30.3 Å². The van der Waals surface area contributed by atoms with Crippen LogP contribution in [0.2, 0.25) is 0 Å². The number of aromatic carboxylic acids is 1. The van der Waals surface area contributed by atoms with Crippen molar-refractivity contribution in [2.24, 2.45) is 0 Å². The van der Waals surface area contributed by atoms with Crippen LogP contribution < -0.4 is 5.46 Å². The molecule has 0 bridgehead atoms. The van der Waals surface area contributed by atoms with Crippen molar-refractivity contribution in [2.45, 2.75) is 26.3 Å². The predicted molar refractivity (Wildman–Crippen MR) is 92.5 cm³/mol. The lowest BCUT2D eigenvalue weighted by Crippen LogP contribution is -2.23. The highest BCUT2D eigenvalue weighted by Gasteiger charge is 2.24. The zero-order chi connectivity index (χ0) is 16.8. The predicted octanol–water partition coefficient (Wildman–Crippen LogP) is 2.95. The molecular formula is C18H17BN2O2. The van der Waals surface area contributed by atoms with Crippen molar-refractivity contribution in [1.82, 2.24) is 9.55 Å². The molecule has 0 unspecified atom stereocenters. The molecule has 0 aliphatic heterocycles. The molecule has 0 spiro atoms. The molecule has 114 valence electrons. The van der Waals surface area contributed by atoms with Gasteiger partial charge in [0.2, 0.25) is 0 Å². The summed E-state index contributed by atoms with van der Waals surface area (Å²) < 4.78 is 2.06. The fourth-order valence-electron chi connectivity index (χ4n) is 2.82. The minimum Gasteiger partial charge on any atom is -0.478 e. The second-order valence-corrected chi connectivity index (χ2v) is 6.54. The lowest BCUT2D eigenvalue weighted by Gasteiger charge is -2.25. The lowest BCUT2D eigenvalue weighted by atomic mass is 9.96. The number of carboxylic acid groups (broad SMARTS) is 1. The molecule has 1 heterocycles. The van der Waals surface area contributed by atoms with E-state index in [9.17, 15) is 9.90 Å². The number of nitrogens with zero attached hydrogens (tertiary/aromatic N) is 2. The Morgan fingerprint density at radius 3 is 2.52 bits per heavy atom. The van der Waals surface area contributed by atoms with Crippen LogP contribution in [-0.2, 0) is 5.54 Å². The molecule has 2 radical (unpaired) electrons. The van der Waals surface area contributed by atoms with Gasteiger partial charge in [0.25, 0.3) is 0 Å². The number of carboxylic acids is 1. The van der Waals surface area contributed by atoms with Gasteiger partial charge >= 0.3 is 5.97 Å². The first-order valence-electron chi connectivity index (χ1n) is 7.40. The topological polar surface area (TPSA) is 55.1 Å². The zero-order valence-corrected chi connectivity index (χ0v) is 13.4. The van der Waals surface area contributed by atoms with Crippen LogP contribution in [0.25, 0.3) is 22.4 Å². The van der Waals surface area contributed by atoms with Crippen LogP contribution in [0, 0.1) is 0 Å². The summed E-state index contributed by atoms with van der Waals surface area (Å²) in [4.78, 5) is 16.2. The van der Waals surface area contributed by atoms with Gasteiger partial charge in [0, 0.05) is 11.1 Å². The first-order valence-corrected chi connectivity index (χ1v) is 7.40. The third-order valence-corrected chi connectivity index (χ3v) is 3.75. The van der Waals surface area contributed by atoms with E-state index in [0.29, 0.717) is 16.9 Å². The molecule has 0 atom stereocenters. The number of hydrogen-bond acceptors (Lipinski definition) is 2. The Morgan fingerprint density at radius 1 is 1.17 bits per heavy atom. The second kappa shape index (κ2) is 5.27. The monoisotopic (exact) mass is 304 g/mol. The number of benzene rings is 2. The van der Waals surface area contributed by atoms with Gasteiger partial charge in [-0.3, -0.25) is 0 Å². The fraction of sp³-hybridized carbons (Fsp3) is 0.222. The van der Waals surface area contributed by atoms with Gasteiger partial charge in [0.15, 0.2) is 0 Å². The number of carbonyl (C=O) groups is 1. The van der Waals surface area contributed by atoms with E-state index in [1.54, 1.807) is 18.2 Å². The summed E-state index contributed by atoms with van der Waals surface area (Å²) in [6.07, 6.45) is 0. The molecule has 1 N–H and O–H groups in total. The number of aromatic nitrogens is 2. The van der Waals surface area contributed by atoms with E-state index in [2.05, 4.69) is 30.3 Å². The van der Waals surface area contributed by atoms with E-state index in [1.165, 1.54) is 0 Å². The van der Waals surface area contributed by atoms with Crippen LogP contribution in [0.4, 0.5) is 0 Å². The smallest absolute Gasteiger partial charge is 0.336 e. The molecule has 23 heavy (non-hydrogen) atoms. The van der Waals surface area contributed by atoms with Gasteiger partial charge in [0.1, 0.15) is 13.7 Å². The van der Waals surface area contributed by atoms with Crippen molar-refractivity contribution in [3.63, 3.8) is 0 Å². The van der Waals surface area contributed by atoms with Crippen molar-refractivity contribution in [2.75, 3.05) is 0 Å². The van der Waals surface area contributed by atoms with Crippen LogP contribution in [0.15, 0.2) is 42.5 Å². The van der Waals surface area contributed by atoms with Crippen LogP contribution in [0.1, 0.15) is 31.1 Å². The highest BCUT2D eigenvalue weighted by Crippen LogP contribution is 2.32. The summed E-state index contributed by atoms with van der Waals surface area (Å²) in [5.74, 6) is -0.330. The molecule has 0 saturated heterocycles. The number of hydrogen-bond donors (Lipinski definition) is 1. The third-order valence-electron chi connectivity index (χ3n) is 3.75. The molecule has 0 aliphatic rings. The highest BCUT2D eigenvalue weighted by atomic mass is 16.4. The molecule has 3 rings (SSSR count). The van der Waals surface area contributed by atoms with Gasteiger partial charge in [-0.05, 0) is 39.0 Å². The summed E-state index contributed by atoms with van der Waals surface area (Å²) in [5, 5.41) is 9.48. The first kappa shape index (κ1) is 15.3. The lowest BCUT2D eigenvalue weighted by molar-refractivity contribution is 0.0697. The summed E-state index contributed by atoms with van der Waals surface area (Å²) >= 11 is 0. The van der Waals surface area contributed by atoms with Gasteiger partial charge in [-0.1, -0.05) is 29.7 Å². The minimum atomic E-state index is -0.965. The molecule has 3 aromatic rings. The van der Waals surface area contributed by atoms with E-state index in [0.717, 1.165) is 11.0 Å². The van der Waals surface area contributed by atoms with E-state index >= 15 is 0 Å². The molecule has 0 saturated carbocycles. The summed E-state index contributed by atoms with van der Waals surface area (Å²) in [6.45, 7) is 6.20. The number of rotatable bonds is 2. The van der Waals surface area contributed by atoms with Crippen LogP contribution in [0.3, 0.4) is 0 Å². The summed E-state index contributed by atoms with van der Waals surface area (Å²) in [7, 11) is 5.87. The quantitative estimate of drug-likeness (QED) is 0.741. The van der Waals surface area contributed by atoms with Crippen molar-refractivity contribution < 1.29 is 9.90 Å². The Balaban J connectivity index is 2.40. The Hall–Kier alpha value is -2.56. The molecular weight excluding hydrogens is 287 g/mol. The summed E-state index contributed by atoms with van der Waals surface area (Å²) in [5.41, 5.74) is 2.91. The van der Waals surface area contributed by atoms with Crippen LogP contribution >= 0.6 is 0 Å². The largest absolute Gasteiger partial charge is 0.478 e. The van der Waals surface area contributed by atoms with Gasteiger partial charge in [-0.25, -0.2) is 9.78 Å². The maximum Gasteiger partial charge on any atom is 0.336 e. The number of fused-ring (bicyclic) bond motifs is 1. The maximum absolute atomic E-state index is 11.6. The number of imidazole rings is 1. The Labute approximate surface area is 136 Å². The molecule has 0 amide bonds. The van der Waals surface area contributed by atoms with Gasteiger partial charge in [-0.2, -0.15) is 0 Å². The van der Waals surface area contributed by atoms with E-state index < -0.39 is 5.97 Å². The molecule has 1 aromatic heterocycles. The molecule has 2 aromatic carbocycles. The van der Waals surface area contributed by atoms with E-state index in [4.69, 9.17) is 7.85 Å². The minimum absolute atomic E-state index is 0.237. The molecule has 4 nitrogen and oxygen atoms in total.